The molecule has 1 aliphatic heterocycles. The van der Waals surface area contributed by atoms with Crippen molar-refractivity contribution in [1.29, 1.82) is 0 Å². The predicted molar refractivity (Wildman–Crippen MR) is 134 cm³/mol. The molecule has 11 heteroatoms. The first kappa shape index (κ1) is 23.8. The van der Waals surface area contributed by atoms with E-state index in [0.717, 1.165) is 10.6 Å². The summed E-state index contributed by atoms with van der Waals surface area (Å²) in [5, 5.41) is 3.70. The van der Waals surface area contributed by atoms with Crippen LogP contribution in [-0.2, 0) is 24.2 Å². The molecule has 0 radical (unpaired) electrons. The number of amides is 2. The lowest BCUT2D eigenvalue weighted by Crippen LogP contribution is -2.39. The molecule has 0 saturated heterocycles. The number of fused-ring (bicyclic) bond motifs is 2. The Hall–Kier alpha value is -3.31. The van der Waals surface area contributed by atoms with E-state index in [1.807, 2.05) is 20.8 Å². The van der Waals surface area contributed by atoms with E-state index in [2.05, 4.69) is 21.9 Å². The van der Waals surface area contributed by atoms with Gasteiger partial charge in [0.1, 0.15) is 5.60 Å². The van der Waals surface area contributed by atoms with Gasteiger partial charge in [0.25, 0.3) is 11.5 Å². The number of nitrogens with zero attached hydrogens (tertiary/aromatic N) is 3. The number of benzene rings is 1. The van der Waals surface area contributed by atoms with Crippen LogP contribution < -0.4 is 10.9 Å². The van der Waals surface area contributed by atoms with Gasteiger partial charge >= 0.3 is 6.09 Å². The Morgan fingerprint density at radius 3 is 2.85 bits per heavy atom. The maximum absolute atomic E-state index is 12.9. The molecule has 0 unspecified atom stereocenters. The third kappa shape index (κ3) is 4.95. The van der Waals surface area contributed by atoms with Crippen molar-refractivity contribution in [2.45, 2.75) is 45.9 Å². The Labute approximate surface area is 205 Å². The number of carbonyl (C=O) groups excluding carboxylic acids is 2. The molecule has 0 fully saturated rings. The van der Waals surface area contributed by atoms with Crippen LogP contribution in [0.1, 0.15) is 41.7 Å². The zero-order chi connectivity index (χ0) is 24.6. The van der Waals surface area contributed by atoms with Crippen molar-refractivity contribution in [3.05, 3.63) is 62.1 Å². The van der Waals surface area contributed by atoms with Crippen LogP contribution in [0.25, 0.3) is 10.9 Å². The average molecular weight is 500 g/mol. The zero-order valence-corrected chi connectivity index (χ0v) is 20.8. The number of hydrogen-bond acceptors (Lipinski definition) is 7. The van der Waals surface area contributed by atoms with Crippen LogP contribution in [0.5, 0.6) is 0 Å². The van der Waals surface area contributed by atoms with Gasteiger partial charge in [-0.3, -0.25) is 19.5 Å². The topological polar surface area (TPSA) is 109 Å². The molecule has 0 aliphatic carbocycles. The Balaban J connectivity index is 1.51. The van der Waals surface area contributed by atoms with E-state index >= 15 is 0 Å². The summed E-state index contributed by atoms with van der Waals surface area (Å²) in [6.45, 7) is 10.3. The standard InChI is InChI=1S/C23H25N5O4S2/c1-5-9-28-19(30)14-7-6-13(11-16(14)25-21(28)33)18(29)26-20-24-15-8-10-27(12-17(15)34-20)22(31)32-23(2,3)4/h5-7,11H,1,8-10,12H2,2-4H3,(H,25,33)(H,24,26,29). The zero-order valence-electron chi connectivity index (χ0n) is 19.1. The lowest BCUT2D eigenvalue weighted by molar-refractivity contribution is 0.0225. The first-order chi connectivity index (χ1) is 16.1. The molecule has 2 aromatic heterocycles. The molecule has 0 saturated carbocycles. The van der Waals surface area contributed by atoms with Crippen LogP contribution >= 0.6 is 23.6 Å². The summed E-state index contributed by atoms with van der Waals surface area (Å²) in [5.74, 6) is -0.355. The Morgan fingerprint density at radius 2 is 2.15 bits per heavy atom. The normalized spacial score (nSPS) is 13.4. The minimum atomic E-state index is -0.563. The van der Waals surface area contributed by atoms with Crippen LogP contribution in [0, 0.1) is 4.77 Å². The highest BCUT2D eigenvalue weighted by Gasteiger charge is 2.28. The molecule has 0 spiro atoms. The first-order valence-electron chi connectivity index (χ1n) is 10.7. The minimum Gasteiger partial charge on any atom is -0.444 e. The smallest absolute Gasteiger partial charge is 0.410 e. The number of ether oxygens (including phenoxy) is 1. The summed E-state index contributed by atoms with van der Waals surface area (Å²) in [7, 11) is 0. The summed E-state index contributed by atoms with van der Waals surface area (Å²) in [4.78, 5) is 48.0. The van der Waals surface area contributed by atoms with Crippen molar-refractivity contribution in [2.75, 3.05) is 11.9 Å². The Morgan fingerprint density at radius 1 is 1.38 bits per heavy atom. The molecule has 9 nitrogen and oxygen atoms in total. The molecular weight excluding hydrogens is 474 g/mol. The van der Waals surface area contributed by atoms with Crippen molar-refractivity contribution >= 4 is 51.6 Å². The number of thiazole rings is 1. The lowest BCUT2D eigenvalue weighted by atomic mass is 10.1. The fraction of sp³-hybridized carbons (Fsp3) is 0.348. The number of allylic oxidation sites excluding steroid dienone is 1. The van der Waals surface area contributed by atoms with E-state index in [4.69, 9.17) is 17.0 Å². The van der Waals surface area contributed by atoms with E-state index in [-0.39, 0.29) is 22.3 Å². The summed E-state index contributed by atoms with van der Waals surface area (Å²) >= 11 is 6.60. The van der Waals surface area contributed by atoms with Crippen molar-refractivity contribution in [3.8, 4) is 0 Å². The number of nitrogens with one attached hydrogen (secondary N) is 2. The first-order valence-corrected chi connectivity index (χ1v) is 11.9. The summed E-state index contributed by atoms with van der Waals surface area (Å²) < 4.78 is 7.13. The van der Waals surface area contributed by atoms with Gasteiger partial charge in [-0.15, -0.1) is 6.58 Å². The van der Waals surface area contributed by atoms with E-state index < -0.39 is 5.60 Å². The molecule has 1 aliphatic rings. The Kier molecular flexibility index (Phi) is 6.41. The second-order valence-corrected chi connectivity index (χ2v) is 10.4. The van der Waals surface area contributed by atoms with Gasteiger partial charge in [0.15, 0.2) is 9.90 Å². The van der Waals surface area contributed by atoms with Gasteiger partial charge in [-0.25, -0.2) is 9.78 Å². The van der Waals surface area contributed by atoms with Crippen LogP contribution in [0.3, 0.4) is 0 Å². The second kappa shape index (κ2) is 9.15. The molecule has 3 aromatic rings. The number of carbonyl (C=O) groups is 2. The summed E-state index contributed by atoms with van der Waals surface area (Å²) in [6, 6.07) is 4.78. The number of hydrogen-bond donors (Lipinski definition) is 2. The van der Waals surface area contributed by atoms with Crippen molar-refractivity contribution < 1.29 is 14.3 Å². The summed E-state index contributed by atoms with van der Waals surface area (Å²) in [6.07, 6.45) is 1.82. The number of aromatic nitrogens is 3. The van der Waals surface area contributed by atoms with Gasteiger partial charge in [0.05, 0.1) is 23.1 Å². The van der Waals surface area contributed by atoms with Gasteiger partial charge in [0, 0.05) is 30.0 Å². The molecule has 0 atom stereocenters. The average Bonchev–Trinajstić information content (AvgIpc) is 3.16. The lowest BCUT2D eigenvalue weighted by Gasteiger charge is -2.29. The number of rotatable bonds is 4. The molecule has 2 N–H and O–H groups in total. The largest absolute Gasteiger partial charge is 0.444 e. The monoisotopic (exact) mass is 499 g/mol. The SMILES string of the molecule is C=CCn1c(=S)[nH]c2cc(C(=O)Nc3nc4c(s3)CN(C(=O)OC(C)(C)C)CC4)ccc2c1=O. The number of anilines is 1. The quantitative estimate of drug-likeness (QED) is 0.410. The van der Waals surface area contributed by atoms with Crippen LogP contribution in [0.2, 0.25) is 0 Å². The minimum absolute atomic E-state index is 0.243. The van der Waals surface area contributed by atoms with Crippen LogP contribution in [-0.4, -0.2) is 43.6 Å². The fourth-order valence-corrected chi connectivity index (χ4v) is 4.88. The Bertz CT molecular complexity index is 1410. The summed E-state index contributed by atoms with van der Waals surface area (Å²) in [5.41, 5.74) is 0.904. The number of H-pyrrole nitrogens is 1. The van der Waals surface area contributed by atoms with Crippen molar-refractivity contribution in [3.63, 3.8) is 0 Å². The second-order valence-electron chi connectivity index (χ2n) is 8.89. The van der Waals surface area contributed by atoms with Gasteiger partial charge in [-0.05, 0) is 51.2 Å². The van der Waals surface area contributed by atoms with Gasteiger partial charge in [-0.1, -0.05) is 17.4 Å². The highest BCUT2D eigenvalue weighted by Crippen LogP contribution is 2.29. The molecule has 4 rings (SSSR count). The van der Waals surface area contributed by atoms with Crippen LogP contribution in [0.15, 0.2) is 35.6 Å². The third-order valence-electron chi connectivity index (χ3n) is 5.16. The highest BCUT2D eigenvalue weighted by atomic mass is 32.1. The van der Waals surface area contributed by atoms with E-state index in [1.54, 1.807) is 29.2 Å². The maximum Gasteiger partial charge on any atom is 0.410 e. The van der Waals surface area contributed by atoms with E-state index in [1.165, 1.54) is 15.9 Å². The molecular formula is C23H25N5O4S2. The van der Waals surface area contributed by atoms with Crippen LogP contribution in [0.4, 0.5) is 9.93 Å². The predicted octanol–water partition coefficient (Wildman–Crippen LogP) is 4.25. The van der Waals surface area contributed by atoms with Gasteiger partial charge < -0.3 is 14.6 Å². The molecule has 2 amide bonds. The van der Waals surface area contributed by atoms with Crippen molar-refractivity contribution in [2.24, 2.45) is 0 Å². The number of aromatic amines is 1. The molecule has 34 heavy (non-hydrogen) atoms. The van der Waals surface area contributed by atoms with Gasteiger partial charge in [0.2, 0.25) is 0 Å². The van der Waals surface area contributed by atoms with E-state index in [0.29, 0.717) is 47.7 Å². The molecule has 3 heterocycles. The van der Waals surface area contributed by atoms with Crippen molar-refractivity contribution in [1.82, 2.24) is 19.4 Å². The molecule has 1 aromatic carbocycles. The van der Waals surface area contributed by atoms with Gasteiger partial charge in [-0.2, -0.15) is 0 Å². The molecule has 0 bridgehead atoms. The molecule has 178 valence electrons. The maximum atomic E-state index is 12.9. The van der Waals surface area contributed by atoms with E-state index in [9.17, 15) is 14.4 Å². The fourth-order valence-electron chi connectivity index (χ4n) is 3.59. The third-order valence-corrected chi connectivity index (χ3v) is 6.48. The highest BCUT2D eigenvalue weighted by molar-refractivity contribution is 7.71.